The van der Waals surface area contributed by atoms with Gasteiger partial charge in [-0.1, -0.05) is 89.0 Å². The maximum Gasteiger partial charge on any atom is -0.0279 e. The summed E-state index contributed by atoms with van der Waals surface area (Å²) in [6.45, 7) is 9.77. The van der Waals surface area contributed by atoms with Gasteiger partial charge in [0.05, 0.1) is 0 Å². The van der Waals surface area contributed by atoms with Crippen LogP contribution in [-0.4, -0.2) is 0 Å². The molecule has 0 aliphatic rings. The highest BCUT2D eigenvalue weighted by molar-refractivity contribution is 5.23. The fourth-order valence-electron chi connectivity index (χ4n) is 1.80. The lowest BCUT2D eigenvalue weighted by molar-refractivity contribution is 0.590. The van der Waals surface area contributed by atoms with Gasteiger partial charge >= 0.3 is 0 Å². The summed E-state index contributed by atoms with van der Waals surface area (Å²) < 4.78 is 0. The number of hydrogen-bond donors (Lipinski definition) is 0. The SMILES string of the molecule is C=C/C=C\C=C(/C=C)CCCCCCCCC. The Morgan fingerprint density at radius 2 is 1.53 bits per heavy atom. The normalized spacial score (nSPS) is 11.9. The molecule has 0 heterocycles. The smallest absolute Gasteiger partial charge is 0.0279 e. The van der Waals surface area contributed by atoms with Gasteiger partial charge in [-0.2, -0.15) is 0 Å². The van der Waals surface area contributed by atoms with E-state index in [-0.39, 0.29) is 0 Å². The van der Waals surface area contributed by atoms with E-state index in [4.69, 9.17) is 0 Å². The molecule has 0 saturated heterocycles. The number of allylic oxidation sites excluding steroid dienone is 6. The van der Waals surface area contributed by atoms with Gasteiger partial charge in [0.15, 0.2) is 0 Å². The number of rotatable bonds is 11. The van der Waals surface area contributed by atoms with E-state index in [1.54, 1.807) is 6.08 Å². The average molecular weight is 232 g/mol. The first kappa shape index (κ1) is 16.0. The summed E-state index contributed by atoms with van der Waals surface area (Å²) in [6.07, 6.45) is 20.6. The van der Waals surface area contributed by atoms with Crippen LogP contribution in [0, 0.1) is 0 Å². The molecule has 0 heteroatoms. The molecule has 0 atom stereocenters. The molecule has 0 nitrogen and oxygen atoms in total. The molecule has 0 amide bonds. The van der Waals surface area contributed by atoms with Crippen LogP contribution < -0.4 is 0 Å². The van der Waals surface area contributed by atoms with Crippen LogP contribution >= 0.6 is 0 Å². The first-order chi connectivity index (χ1) is 8.35. The van der Waals surface area contributed by atoms with Crippen molar-refractivity contribution in [2.45, 2.75) is 58.3 Å². The minimum Gasteiger partial charge on any atom is -0.0991 e. The van der Waals surface area contributed by atoms with E-state index in [2.05, 4.69) is 26.2 Å². The fraction of sp³-hybridized carbons (Fsp3) is 0.529. The molecule has 0 rings (SSSR count). The van der Waals surface area contributed by atoms with Crippen molar-refractivity contribution < 1.29 is 0 Å². The molecule has 0 aliphatic carbocycles. The molecule has 0 aromatic heterocycles. The second kappa shape index (κ2) is 13.0. The van der Waals surface area contributed by atoms with Crippen molar-refractivity contribution in [1.29, 1.82) is 0 Å². The maximum absolute atomic E-state index is 3.85. The summed E-state index contributed by atoms with van der Waals surface area (Å²) >= 11 is 0. The van der Waals surface area contributed by atoms with Crippen molar-refractivity contribution >= 4 is 0 Å². The Labute approximate surface area is 108 Å². The summed E-state index contributed by atoms with van der Waals surface area (Å²) in [7, 11) is 0. The van der Waals surface area contributed by atoms with Crippen LogP contribution in [0.4, 0.5) is 0 Å². The molecule has 0 unspecified atom stereocenters. The van der Waals surface area contributed by atoms with Gasteiger partial charge in [-0.25, -0.2) is 0 Å². The quantitative estimate of drug-likeness (QED) is 0.303. The average Bonchev–Trinajstić information content (AvgIpc) is 2.35. The van der Waals surface area contributed by atoms with E-state index in [0.717, 1.165) is 6.42 Å². The van der Waals surface area contributed by atoms with Crippen molar-refractivity contribution in [2.24, 2.45) is 0 Å². The van der Waals surface area contributed by atoms with Gasteiger partial charge in [-0.05, 0) is 18.4 Å². The predicted molar refractivity (Wildman–Crippen MR) is 80.2 cm³/mol. The zero-order valence-corrected chi connectivity index (χ0v) is 11.5. The van der Waals surface area contributed by atoms with Crippen molar-refractivity contribution in [2.75, 3.05) is 0 Å². The van der Waals surface area contributed by atoms with E-state index < -0.39 is 0 Å². The highest BCUT2D eigenvalue weighted by Crippen LogP contribution is 2.13. The molecule has 0 radical (unpaired) electrons. The van der Waals surface area contributed by atoms with Gasteiger partial charge in [0.2, 0.25) is 0 Å². The molecule has 0 fully saturated rings. The zero-order valence-electron chi connectivity index (χ0n) is 11.5. The second-order valence-corrected chi connectivity index (χ2v) is 4.44. The zero-order chi connectivity index (χ0) is 12.8. The molecule has 0 aromatic carbocycles. The van der Waals surface area contributed by atoms with Gasteiger partial charge in [-0.15, -0.1) is 0 Å². The Kier molecular flexibility index (Phi) is 12.2. The van der Waals surface area contributed by atoms with Crippen LogP contribution in [-0.2, 0) is 0 Å². The summed E-state index contributed by atoms with van der Waals surface area (Å²) in [4.78, 5) is 0. The van der Waals surface area contributed by atoms with Crippen LogP contribution in [0.5, 0.6) is 0 Å². The largest absolute Gasteiger partial charge is 0.0991 e. The van der Waals surface area contributed by atoms with E-state index in [1.807, 2.05) is 18.2 Å². The molecular weight excluding hydrogens is 204 g/mol. The highest BCUT2D eigenvalue weighted by Gasteiger charge is 1.93. The Balaban J connectivity index is 3.56. The Morgan fingerprint density at radius 3 is 2.12 bits per heavy atom. The lowest BCUT2D eigenvalue weighted by atomic mass is 10.0. The van der Waals surface area contributed by atoms with Crippen LogP contribution in [0.1, 0.15) is 58.3 Å². The molecule has 0 saturated carbocycles. The van der Waals surface area contributed by atoms with Gasteiger partial charge in [0, 0.05) is 0 Å². The van der Waals surface area contributed by atoms with Crippen LogP contribution in [0.15, 0.2) is 49.1 Å². The van der Waals surface area contributed by atoms with Crippen molar-refractivity contribution in [3.05, 3.63) is 49.1 Å². The lowest BCUT2D eigenvalue weighted by Gasteiger charge is -2.02. The molecule has 0 spiro atoms. The van der Waals surface area contributed by atoms with Gasteiger partial charge in [-0.3, -0.25) is 0 Å². The topological polar surface area (TPSA) is 0 Å². The van der Waals surface area contributed by atoms with Crippen molar-refractivity contribution in [3.63, 3.8) is 0 Å². The molecule has 17 heavy (non-hydrogen) atoms. The van der Waals surface area contributed by atoms with Crippen LogP contribution in [0.2, 0.25) is 0 Å². The van der Waals surface area contributed by atoms with E-state index in [9.17, 15) is 0 Å². The number of unbranched alkanes of at least 4 members (excludes halogenated alkanes) is 6. The minimum atomic E-state index is 1.15. The van der Waals surface area contributed by atoms with Crippen molar-refractivity contribution in [3.8, 4) is 0 Å². The van der Waals surface area contributed by atoms with E-state index >= 15 is 0 Å². The highest BCUT2D eigenvalue weighted by atomic mass is 14.0. The van der Waals surface area contributed by atoms with Crippen LogP contribution in [0.3, 0.4) is 0 Å². The molecule has 0 N–H and O–H groups in total. The summed E-state index contributed by atoms with van der Waals surface area (Å²) in [5.41, 5.74) is 1.33. The van der Waals surface area contributed by atoms with Gasteiger partial charge in [0.25, 0.3) is 0 Å². The fourth-order valence-corrected chi connectivity index (χ4v) is 1.80. The van der Waals surface area contributed by atoms with E-state index in [1.165, 1.54) is 50.5 Å². The second-order valence-electron chi connectivity index (χ2n) is 4.44. The first-order valence-electron chi connectivity index (χ1n) is 6.95. The standard InChI is InChI=1S/C17H28/c1-4-7-9-10-11-12-14-16-17(6-3)15-13-8-5-2/h5-6,8,13,15H,2-4,7,9-12,14,16H2,1H3/b13-8-,17-15+. The minimum absolute atomic E-state index is 1.15. The predicted octanol–water partition coefficient (Wildman–Crippen LogP) is 5.98. The summed E-state index contributed by atoms with van der Waals surface area (Å²) in [5, 5.41) is 0. The summed E-state index contributed by atoms with van der Waals surface area (Å²) in [6, 6.07) is 0. The summed E-state index contributed by atoms with van der Waals surface area (Å²) in [5.74, 6) is 0. The third-order valence-corrected chi connectivity index (χ3v) is 2.89. The van der Waals surface area contributed by atoms with E-state index in [0.29, 0.717) is 0 Å². The molecule has 0 aromatic rings. The molecular formula is C17H28. The monoisotopic (exact) mass is 232 g/mol. The Hall–Kier alpha value is -1.04. The number of hydrogen-bond acceptors (Lipinski definition) is 0. The Bertz CT molecular complexity index is 243. The molecule has 96 valence electrons. The molecule has 0 bridgehead atoms. The van der Waals surface area contributed by atoms with Crippen molar-refractivity contribution in [1.82, 2.24) is 0 Å². The third kappa shape index (κ3) is 11.2. The van der Waals surface area contributed by atoms with Gasteiger partial charge < -0.3 is 0 Å². The first-order valence-corrected chi connectivity index (χ1v) is 6.95. The van der Waals surface area contributed by atoms with Gasteiger partial charge in [0.1, 0.15) is 0 Å². The lowest BCUT2D eigenvalue weighted by Crippen LogP contribution is -1.82. The molecule has 0 aliphatic heterocycles. The Morgan fingerprint density at radius 1 is 0.882 bits per heavy atom. The third-order valence-electron chi connectivity index (χ3n) is 2.89. The maximum atomic E-state index is 3.85. The van der Waals surface area contributed by atoms with Crippen LogP contribution in [0.25, 0.3) is 0 Å².